The third kappa shape index (κ3) is 10.5. The van der Waals surface area contributed by atoms with Crippen molar-refractivity contribution in [3.8, 4) is 0 Å². The molecule has 2 aliphatic rings. The zero-order chi connectivity index (χ0) is 27.8. The van der Waals surface area contributed by atoms with E-state index in [1.807, 2.05) is 0 Å². The van der Waals surface area contributed by atoms with Gasteiger partial charge in [0.15, 0.2) is 0 Å². The molecule has 12 N–H and O–H groups in total. The van der Waals surface area contributed by atoms with Gasteiger partial charge in [0.2, 0.25) is 0 Å². The summed E-state index contributed by atoms with van der Waals surface area (Å²) in [5.41, 5.74) is 10.8. The first kappa shape index (κ1) is 33.7. The maximum Gasteiger partial charge on any atom is 0.665 e. The SMILES string of the molecule is CO[Si]1(O)O[Si]2(O[Si](O)(CCCNCCN)O[Si](O)(O)O[Si](OC)(O[Si](O)(O)CCCNCCN)O2)O1. The molecule has 1 spiro atoms. The first-order chi connectivity index (χ1) is 17.2. The van der Waals surface area contributed by atoms with Gasteiger partial charge in [-0.05, 0) is 25.9 Å². The predicted molar refractivity (Wildman–Crippen MR) is 132 cm³/mol. The van der Waals surface area contributed by atoms with Crippen LogP contribution < -0.4 is 22.1 Å². The average molecular weight is 647 g/mol. The van der Waals surface area contributed by atoms with Gasteiger partial charge < -0.3 is 88.5 Å². The molecule has 0 amide bonds. The van der Waals surface area contributed by atoms with Crippen LogP contribution in [0.15, 0.2) is 0 Å². The lowest BCUT2D eigenvalue weighted by molar-refractivity contribution is -0.0951. The van der Waals surface area contributed by atoms with Crippen molar-refractivity contribution in [2.75, 3.05) is 53.5 Å². The Morgan fingerprint density at radius 3 is 1.89 bits per heavy atom. The molecule has 0 aromatic heterocycles. The van der Waals surface area contributed by atoms with Crippen LogP contribution in [0.4, 0.5) is 0 Å². The number of hydrogen-bond donors (Lipinski definition) is 10. The molecule has 2 unspecified atom stereocenters. The molecular formula is C12H38N4O15Si6. The zero-order valence-corrected chi connectivity index (χ0v) is 26.6. The average Bonchev–Trinajstić information content (AvgIpc) is 2.75. The summed E-state index contributed by atoms with van der Waals surface area (Å²) in [5.74, 6) is 0. The Labute approximate surface area is 220 Å². The summed E-state index contributed by atoms with van der Waals surface area (Å²) in [6.45, 7) is 2.52. The van der Waals surface area contributed by atoms with Crippen LogP contribution in [0.3, 0.4) is 0 Å². The minimum atomic E-state index is -5.35. The van der Waals surface area contributed by atoms with Crippen molar-refractivity contribution in [1.82, 2.24) is 10.6 Å². The van der Waals surface area contributed by atoms with E-state index in [-0.39, 0.29) is 24.9 Å². The van der Waals surface area contributed by atoms with Gasteiger partial charge in [-0.15, -0.1) is 0 Å². The molecule has 25 heteroatoms. The van der Waals surface area contributed by atoms with E-state index in [2.05, 4.69) is 10.6 Å². The number of nitrogens with one attached hydrogen (secondary N) is 2. The van der Waals surface area contributed by atoms with Gasteiger partial charge in [0.05, 0.1) is 0 Å². The molecule has 0 aliphatic carbocycles. The largest absolute Gasteiger partial charge is 0.665 e. The molecule has 2 saturated heterocycles. The lowest BCUT2D eigenvalue weighted by Crippen LogP contribution is -2.83. The van der Waals surface area contributed by atoms with Crippen molar-refractivity contribution < 1.29 is 66.4 Å². The first-order valence-corrected chi connectivity index (χ1v) is 22.0. The van der Waals surface area contributed by atoms with Crippen LogP contribution in [0.2, 0.25) is 12.1 Å². The Morgan fingerprint density at radius 2 is 1.35 bits per heavy atom. The highest BCUT2D eigenvalue weighted by atomic mass is 28.6. The fourth-order valence-corrected chi connectivity index (χ4v) is 22.7. The maximum absolute atomic E-state index is 11.1. The highest BCUT2D eigenvalue weighted by Gasteiger charge is 2.81. The first-order valence-electron chi connectivity index (χ1n) is 11.4. The van der Waals surface area contributed by atoms with Gasteiger partial charge in [-0.25, -0.2) is 0 Å². The Balaban J connectivity index is 2.25. The van der Waals surface area contributed by atoms with Crippen LogP contribution in [0.1, 0.15) is 12.8 Å². The highest BCUT2D eigenvalue weighted by Crippen LogP contribution is 2.40. The maximum atomic E-state index is 11.1. The fourth-order valence-electron chi connectivity index (χ4n) is 3.15. The minimum absolute atomic E-state index is 0.231. The van der Waals surface area contributed by atoms with Crippen molar-refractivity contribution in [1.29, 1.82) is 0 Å². The quantitative estimate of drug-likeness (QED) is 0.0551. The standard InChI is InChI=1S/C12H38N4O15Si6/c1-23-35(22)29-37(30-35)27-33(19,12-4-8-16-10-6-14)26-34(20,21)28-36(24-2,31-37)25-32(17,18)11-3-7-15-9-5-13/h15-22H,3-14H2,1-2H3. The summed E-state index contributed by atoms with van der Waals surface area (Å²) in [5, 5.41) is 5.96. The van der Waals surface area contributed by atoms with Crippen LogP contribution >= 0.6 is 0 Å². The molecule has 2 heterocycles. The van der Waals surface area contributed by atoms with Crippen LogP contribution in [-0.4, -0.2) is 136 Å². The van der Waals surface area contributed by atoms with Crippen LogP contribution in [0, 0.1) is 0 Å². The molecule has 2 rings (SSSR count). The van der Waals surface area contributed by atoms with Crippen molar-refractivity contribution in [3.05, 3.63) is 0 Å². The van der Waals surface area contributed by atoms with E-state index in [1.54, 1.807) is 0 Å². The molecular weight excluding hydrogens is 609 g/mol. The summed E-state index contributed by atoms with van der Waals surface area (Å²) < 4.78 is 47.4. The van der Waals surface area contributed by atoms with Crippen molar-refractivity contribution in [3.63, 3.8) is 0 Å². The lowest BCUT2D eigenvalue weighted by Gasteiger charge is -2.50. The second kappa shape index (κ2) is 13.9. The molecule has 220 valence electrons. The van der Waals surface area contributed by atoms with E-state index in [0.29, 0.717) is 39.3 Å². The smallest absolute Gasteiger partial charge is 0.391 e. The van der Waals surface area contributed by atoms with E-state index in [1.165, 1.54) is 0 Å². The van der Waals surface area contributed by atoms with Gasteiger partial charge >= 0.3 is 53.8 Å². The van der Waals surface area contributed by atoms with E-state index in [4.69, 9.17) is 49.1 Å². The third-order valence-corrected chi connectivity index (χ3v) is 22.8. The van der Waals surface area contributed by atoms with E-state index in [0.717, 1.165) is 14.2 Å². The molecule has 0 radical (unpaired) electrons. The Kier molecular flexibility index (Phi) is 12.7. The minimum Gasteiger partial charge on any atom is -0.391 e. The molecule has 2 atom stereocenters. The van der Waals surface area contributed by atoms with Gasteiger partial charge in [-0.1, -0.05) is 0 Å². The van der Waals surface area contributed by atoms with Crippen molar-refractivity contribution in [2.24, 2.45) is 11.5 Å². The molecule has 0 aromatic carbocycles. The molecule has 0 saturated carbocycles. The van der Waals surface area contributed by atoms with E-state index < -0.39 is 53.8 Å². The highest BCUT2D eigenvalue weighted by molar-refractivity contribution is 6.92. The molecule has 0 bridgehead atoms. The Bertz CT molecular complexity index is 715. The van der Waals surface area contributed by atoms with E-state index in [9.17, 15) is 28.8 Å². The second-order valence-corrected chi connectivity index (χ2v) is 22.5. The topological polar surface area (TPSA) is 281 Å². The summed E-state index contributed by atoms with van der Waals surface area (Å²) in [7, 11) is -26.4. The van der Waals surface area contributed by atoms with E-state index >= 15 is 0 Å². The monoisotopic (exact) mass is 646 g/mol. The van der Waals surface area contributed by atoms with Gasteiger partial charge in [-0.3, -0.25) is 0 Å². The number of hydrogen-bond acceptors (Lipinski definition) is 19. The molecule has 2 aliphatic heterocycles. The molecule has 19 nitrogen and oxygen atoms in total. The summed E-state index contributed by atoms with van der Waals surface area (Å²) in [6.07, 6.45) is 0.465. The number of nitrogens with two attached hydrogens (primary N) is 2. The van der Waals surface area contributed by atoms with Gasteiger partial charge in [-0.2, -0.15) is 0 Å². The molecule has 2 fully saturated rings. The third-order valence-electron chi connectivity index (χ3n) is 4.73. The van der Waals surface area contributed by atoms with Gasteiger partial charge in [0.25, 0.3) is 0 Å². The Hall–Kier alpha value is 0.541. The summed E-state index contributed by atoms with van der Waals surface area (Å²) in [6, 6.07) is -0.511. The normalized spacial score (nSPS) is 34.2. The van der Waals surface area contributed by atoms with Gasteiger partial charge in [0.1, 0.15) is 0 Å². The fraction of sp³-hybridized carbons (Fsp3) is 1.00. The Morgan fingerprint density at radius 1 is 0.757 bits per heavy atom. The lowest BCUT2D eigenvalue weighted by atomic mass is 10.5. The molecule has 0 aromatic rings. The predicted octanol–water partition coefficient (Wildman–Crippen LogP) is -6.13. The number of rotatable bonds is 16. The van der Waals surface area contributed by atoms with Crippen molar-refractivity contribution >= 4 is 53.8 Å². The van der Waals surface area contributed by atoms with Crippen LogP contribution in [-0.2, 0) is 37.7 Å². The second-order valence-electron chi connectivity index (χ2n) is 7.94. The van der Waals surface area contributed by atoms with Gasteiger partial charge in [0, 0.05) is 52.5 Å². The summed E-state index contributed by atoms with van der Waals surface area (Å²) >= 11 is 0. The van der Waals surface area contributed by atoms with Crippen molar-refractivity contribution in [2.45, 2.75) is 24.9 Å². The van der Waals surface area contributed by atoms with Crippen LogP contribution in [0.5, 0.6) is 0 Å². The summed E-state index contributed by atoms with van der Waals surface area (Å²) in [4.78, 5) is 63.4. The molecule has 37 heavy (non-hydrogen) atoms. The zero-order valence-electron chi connectivity index (χ0n) is 20.6. The van der Waals surface area contributed by atoms with Crippen LogP contribution in [0.25, 0.3) is 0 Å².